The van der Waals surface area contributed by atoms with E-state index in [2.05, 4.69) is 10.6 Å². The Morgan fingerprint density at radius 1 is 0.914 bits per heavy atom. The number of hydrogen-bond donors (Lipinski definition) is 2. The lowest BCUT2D eigenvalue weighted by atomic mass is 10.1. The Kier molecular flexibility index (Phi) is 8.83. The number of likely N-dealkylation sites (N-methyl/N-ethyl adjacent to an activating group) is 1. The van der Waals surface area contributed by atoms with Crippen molar-refractivity contribution in [1.82, 2.24) is 10.2 Å². The van der Waals surface area contributed by atoms with Gasteiger partial charge < -0.3 is 25.0 Å². The molecule has 0 heterocycles. The van der Waals surface area contributed by atoms with Crippen LogP contribution in [0.3, 0.4) is 0 Å². The molecular formula is C27H29N3O5. The molecule has 0 spiro atoms. The number of nitrogens with one attached hydrogen (secondary N) is 2. The second kappa shape index (κ2) is 12.2. The SMILES string of the molecule is COc1ccc(NC(=O)COc2ccccc2C(=O)N[C@@H](C)C(=O)N(C)Cc2ccccc2)cc1. The maximum Gasteiger partial charge on any atom is 0.262 e. The van der Waals surface area contributed by atoms with Crippen LogP contribution < -0.4 is 20.1 Å². The highest BCUT2D eigenvalue weighted by Gasteiger charge is 2.22. The predicted molar refractivity (Wildman–Crippen MR) is 133 cm³/mol. The van der Waals surface area contributed by atoms with Crippen LogP contribution in [-0.4, -0.2) is 49.4 Å². The average Bonchev–Trinajstić information content (AvgIpc) is 2.88. The molecule has 8 heteroatoms. The molecule has 35 heavy (non-hydrogen) atoms. The van der Waals surface area contributed by atoms with E-state index in [1.807, 2.05) is 30.3 Å². The largest absolute Gasteiger partial charge is 0.497 e. The van der Waals surface area contributed by atoms with Crippen LogP contribution in [0.4, 0.5) is 5.69 Å². The van der Waals surface area contributed by atoms with Gasteiger partial charge in [0.1, 0.15) is 17.5 Å². The number of hydrogen-bond acceptors (Lipinski definition) is 5. The molecule has 2 N–H and O–H groups in total. The minimum absolute atomic E-state index is 0.223. The van der Waals surface area contributed by atoms with Gasteiger partial charge in [-0.2, -0.15) is 0 Å². The van der Waals surface area contributed by atoms with Gasteiger partial charge in [-0.25, -0.2) is 0 Å². The lowest BCUT2D eigenvalue weighted by Crippen LogP contribution is -2.45. The summed E-state index contributed by atoms with van der Waals surface area (Å²) >= 11 is 0. The molecule has 0 bridgehead atoms. The van der Waals surface area contributed by atoms with E-state index >= 15 is 0 Å². The number of benzene rings is 3. The van der Waals surface area contributed by atoms with Gasteiger partial charge in [-0.1, -0.05) is 42.5 Å². The van der Waals surface area contributed by atoms with E-state index in [4.69, 9.17) is 9.47 Å². The quantitative estimate of drug-likeness (QED) is 0.468. The fourth-order valence-corrected chi connectivity index (χ4v) is 3.40. The molecule has 0 aliphatic carbocycles. The minimum atomic E-state index is -0.748. The Morgan fingerprint density at radius 2 is 1.57 bits per heavy atom. The van der Waals surface area contributed by atoms with Crippen LogP contribution in [0.1, 0.15) is 22.8 Å². The summed E-state index contributed by atoms with van der Waals surface area (Å²) in [5.74, 6) is -0.147. The van der Waals surface area contributed by atoms with Crippen LogP contribution in [0.5, 0.6) is 11.5 Å². The van der Waals surface area contributed by atoms with Crippen LogP contribution in [0.25, 0.3) is 0 Å². The molecule has 0 saturated heterocycles. The fourth-order valence-electron chi connectivity index (χ4n) is 3.40. The van der Waals surface area contributed by atoms with Crippen molar-refractivity contribution >= 4 is 23.4 Å². The molecule has 0 aliphatic heterocycles. The van der Waals surface area contributed by atoms with E-state index in [1.165, 1.54) is 0 Å². The predicted octanol–water partition coefficient (Wildman–Crippen LogP) is 3.49. The van der Waals surface area contributed by atoms with E-state index in [0.29, 0.717) is 18.0 Å². The van der Waals surface area contributed by atoms with Crippen molar-refractivity contribution in [3.05, 3.63) is 90.0 Å². The summed E-state index contributed by atoms with van der Waals surface area (Å²) in [6.07, 6.45) is 0. The summed E-state index contributed by atoms with van der Waals surface area (Å²) in [6, 6.07) is 22.3. The maximum absolute atomic E-state index is 12.9. The summed E-state index contributed by atoms with van der Waals surface area (Å²) < 4.78 is 10.7. The Morgan fingerprint density at radius 3 is 2.26 bits per heavy atom. The van der Waals surface area contributed by atoms with Crippen molar-refractivity contribution in [2.45, 2.75) is 19.5 Å². The van der Waals surface area contributed by atoms with Gasteiger partial charge in [0.25, 0.3) is 11.8 Å². The van der Waals surface area contributed by atoms with E-state index in [0.717, 1.165) is 5.56 Å². The lowest BCUT2D eigenvalue weighted by Gasteiger charge is -2.22. The second-order valence-corrected chi connectivity index (χ2v) is 7.94. The van der Waals surface area contributed by atoms with Crippen molar-refractivity contribution in [3.63, 3.8) is 0 Å². The summed E-state index contributed by atoms with van der Waals surface area (Å²) in [6.45, 7) is 1.78. The number of anilines is 1. The zero-order chi connectivity index (χ0) is 25.2. The van der Waals surface area contributed by atoms with Crippen LogP contribution in [0.2, 0.25) is 0 Å². The molecule has 3 amide bonds. The van der Waals surface area contributed by atoms with Crippen LogP contribution in [0, 0.1) is 0 Å². The third-order valence-corrected chi connectivity index (χ3v) is 5.22. The van der Waals surface area contributed by atoms with E-state index in [-0.39, 0.29) is 29.7 Å². The number of methoxy groups -OCH3 is 1. The molecule has 0 aromatic heterocycles. The third kappa shape index (κ3) is 7.33. The summed E-state index contributed by atoms with van der Waals surface area (Å²) in [5, 5.41) is 5.44. The summed E-state index contributed by atoms with van der Waals surface area (Å²) in [7, 11) is 3.26. The highest BCUT2D eigenvalue weighted by atomic mass is 16.5. The third-order valence-electron chi connectivity index (χ3n) is 5.22. The molecule has 3 aromatic carbocycles. The molecule has 3 aromatic rings. The van der Waals surface area contributed by atoms with Crippen molar-refractivity contribution in [2.24, 2.45) is 0 Å². The first-order valence-electron chi connectivity index (χ1n) is 11.1. The van der Waals surface area contributed by atoms with Crippen molar-refractivity contribution in [2.75, 3.05) is 26.1 Å². The molecule has 0 radical (unpaired) electrons. The average molecular weight is 476 g/mol. The van der Waals surface area contributed by atoms with Gasteiger partial charge in [-0.3, -0.25) is 14.4 Å². The Balaban J connectivity index is 1.56. The van der Waals surface area contributed by atoms with Crippen LogP contribution in [-0.2, 0) is 16.1 Å². The standard InChI is InChI=1S/C27H29N3O5/c1-19(27(33)30(2)17-20-9-5-4-6-10-20)28-26(32)23-11-7-8-12-24(23)35-18-25(31)29-21-13-15-22(34-3)16-14-21/h4-16,19H,17-18H2,1-3H3,(H,28,32)(H,29,31)/t19-/m0/s1. The Hall–Kier alpha value is -4.33. The highest BCUT2D eigenvalue weighted by Crippen LogP contribution is 2.19. The normalized spacial score (nSPS) is 11.2. The minimum Gasteiger partial charge on any atom is -0.497 e. The Bertz CT molecular complexity index is 1150. The second-order valence-electron chi connectivity index (χ2n) is 7.94. The molecular weight excluding hydrogens is 446 g/mol. The van der Waals surface area contributed by atoms with Crippen LogP contribution in [0.15, 0.2) is 78.9 Å². The molecule has 3 rings (SSSR count). The molecule has 0 aliphatic rings. The number of amides is 3. The van der Waals surface area contributed by atoms with Crippen LogP contribution >= 0.6 is 0 Å². The highest BCUT2D eigenvalue weighted by molar-refractivity contribution is 5.99. The van der Waals surface area contributed by atoms with E-state index in [9.17, 15) is 14.4 Å². The fraction of sp³-hybridized carbons (Fsp3) is 0.222. The first-order valence-corrected chi connectivity index (χ1v) is 11.1. The molecule has 0 unspecified atom stereocenters. The number of nitrogens with zero attached hydrogens (tertiary/aromatic N) is 1. The molecule has 0 saturated carbocycles. The van der Waals surface area contributed by atoms with E-state index < -0.39 is 11.9 Å². The monoisotopic (exact) mass is 475 g/mol. The van der Waals surface area contributed by atoms with Gasteiger partial charge in [0, 0.05) is 19.3 Å². The van der Waals surface area contributed by atoms with Crippen molar-refractivity contribution in [1.29, 1.82) is 0 Å². The summed E-state index contributed by atoms with van der Waals surface area (Å²) in [5.41, 5.74) is 1.82. The van der Waals surface area contributed by atoms with Crippen molar-refractivity contribution < 1.29 is 23.9 Å². The zero-order valence-electron chi connectivity index (χ0n) is 20.0. The topological polar surface area (TPSA) is 97.0 Å². The Labute approximate surface area is 204 Å². The molecule has 182 valence electrons. The first kappa shape index (κ1) is 25.3. The van der Waals surface area contributed by atoms with Gasteiger partial charge in [0.2, 0.25) is 5.91 Å². The maximum atomic E-state index is 12.9. The van der Waals surface area contributed by atoms with Gasteiger partial charge >= 0.3 is 0 Å². The molecule has 8 nitrogen and oxygen atoms in total. The first-order chi connectivity index (χ1) is 16.9. The zero-order valence-corrected chi connectivity index (χ0v) is 20.0. The number of carbonyl (C=O) groups is 3. The summed E-state index contributed by atoms with van der Waals surface area (Å²) in [4.78, 5) is 39.5. The van der Waals surface area contributed by atoms with Gasteiger partial charge in [0.05, 0.1) is 12.7 Å². The number of ether oxygens (including phenoxy) is 2. The number of rotatable bonds is 10. The lowest BCUT2D eigenvalue weighted by molar-refractivity contribution is -0.132. The van der Waals surface area contributed by atoms with E-state index in [1.54, 1.807) is 74.5 Å². The van der Waals surface area contributed by atoms with Gasteiger partial charge in [-0.05, 0) is 48.9 Å². The molecule has 1 atom stereocenters. The molecule has 0 fully saturated rings. The number of para-hydroxylation sites is 1. The smallest absolute Gasteiger partial charge is 0.262 e. The van der Waals surface area contributed by atoms with Gasteiger partial charge in [0.15, 0.2) is 6.61 Å². The van der Waals surface area contributed by atoms with Crippen molar-refractivity contribution in [3.8, 4) is 11.5 Å². The van der Waals surface area contributed by atoms with Gasteiger partial charge in [-0.15, -0.1) is 0 Å². The number of carbonyl (C=O) groups excluding carboxylic acids is 3.